The predicted molar refractivity (Wildman–Crippen MR) is 148 cm³/mol. The molecule has 3 N–H and O–H groups in total. The van der Waals surface area contributed by atoms with Gasteiger partial charge in [0.15, 0.2) is 0 Å². The highest BCUT2D eigenvalue weighted by Crippen LogP contribution is 2.27. The molecule has 1 saturated heterocycles. The second kappa shape index (κ2) is 13.5. The van der Waals surface area contributed by atoms with E-state index in [4.69, 9.17) is 10.5 Å². The predicted octanol–water partition coefficient (Wildman–Crippen LogP) is 3.49. The Balaban J connectivity index is 1.49. The third-order valence-corrected chi connectivity index (χ3v) is 8.77. The van der Waals surface area contributed by atoms with Gasteiger partial charge in [0.2, 0.25) is 11.8 Å². The lowest BCUT2D eigenvalue weighted by atomic mass is 9.90. The minimum absolute atomic E-state index is 0.00107. The summed E-state index contributed by atoms with van der Waals surface area (Å²) in [6.07, 6.45) is 6.08. The van der Waals surface area contributed by atoms with Crippen LogP contribution in [0.3, 0.4) is 0 Å². The first-order chi connectivity index (χ1) is 17.9. The molecule has 1 aliphatic heterocycles. The molecule has 2 fully saturated rings. The molecule has 7 nitrogen and oxygen atoms in total. The summed E-state index contributed by atoms with van der Waals surface area (Å²) in [7, 11) is 1.53. The number of carbonyl (C=O) groups excluding carboxylic acids is 2. The molecule has 2 amide bonds. The average Bonchev–Trinajstić information content (AvgIpc) is 3.32. The number of aryl methyl sites for hydroxylation is 1. The highest BCUT2D eigenvalue weighted by atomic mass is 32.1. The number of piperidine rings is 1. The Morgan fingerprint density at radius 3 is 2.54 bits per heavy atom. The third-order valence-electron chi connectivity index (χ3n) is 7.79. The Bertz CT molecular complexity index is 1010. The molecule has 0 bridgehead atoms. The van der Waals surface area contributed by atoms with Crippen LogP contribution in [0.15, 0.2) is 42.5 Å². The lowest BCUT2D eigenvalue weighted by Crippen LogP contribution is -2.59. The number of benzene rings is 1. The number of ether oxygens (including phenoxy) is 1. The lowest BCUT2D eigenvalue weighted by molar-refractivity contribution is -0.147. The SMILES string of the molecule is COCC(=O)N1CCC(N(CCc2ccccc2)Cc2ccc(C)s2)C[C@@H]1C(=O)NC1CCC(N)CC1. The first kappa shape index (κ1) is 27.8. The van der Waals surface area contributed by atoms with Gasteiger partial charge >= 0.3 is 0 Å². The molecule has 1 aromatic carbocycles. The smallest absolute Gasteiger partial charge is 0.249 e. The van der Waals surface area contributed by atoms with Gasteiger partial charge in [-0.3, -0.25) is 14.5 Å². The van der Waals surface area contributed by atoms with E-state index >= 15 is 0 Å². The van der Waals surface area contributed by atoms with E-state index in [9.17, 15) is 9.59 Å². The van der Waals surface area contributed by atoms with E-state index in [1.807, 2.05) is 17.4 Å². The number of nitrogens with zero attached hydrogens (tertiary/aromatic N) is 2. The molecule has 0 spiro atoms. The van der Waals surface area contributed by atoms with Crippen LogP contribution in [-0.2, 0) is 27.3 Å². The molecule has 2 atom stereocenters. The number of thiophene rings is 1. The second-order valence-corrected chi connectivity index (χ2v) is 11.9. The number of nitrogens with one attached hydrogen (secondary N) is 1. The quantitative estimate of drug-likeness (QED) is 0.495. The van der Waals surface area contributed by atoms with Crippen LogP contribution in [0.25, 0.3) is 0 Å². The van der Waals surface area contributed by atoms with Crippen molar-refractivity contribution in [1.82, 2.24) is 15.1 Å². The number of likely N-dealkylation sites (tertiary alicyclic amines) is 1. The first-order valence-corrected chi connectivity index (χ1v) is 14.4. The standard InChI is InChI=1S/C29H42N4O3S/c1-21-8-13-26(37-21)19-32(16-14-22-6-4-3-5-7-22)25-15-17-33(28(34)20-36-2)27(18-25)29(35)31-24-11-9-23(30)10-12-24/h3-8,13,23-25,27H,9-12,14-20,30H2,1-2H3,(H,31,35)/t23?,24?,25?,27-/m1/s1. The molecule has 2 aliphatic rings. The van der Waals surface area contributed by atoms with Crippen molar-refractivity contribution in [1.29, 1.82) is 0 Å². The van der Waals surface area contributed by atoms with Gasteiger partial charge in [0.05, 0.1) is 0 Å². The van der Waals surface area contributed by atoms with Crippen molar-refractivity contribution in [2.75, 3.05) is 26.8 Å². The van der Waals surface area contributed by atoms with Gasteiger partial charge in [0.1, 0.15) is 12.6 Å². The van der Waals surface area contributed by atoms with Gasteiger partial charge in [-0.25, -0.2) is 0 Å². The zero-order chi connectivity index (χ0) is 26.2. The highest BCUT2D eigenvalue weighted by Gasteiger charge is 2.39. The summed E-state index contributed by atoms with van der Waals surface area (Å²) in [5, 5.41) is 3.26. The van der Waals surface area contributed by atoms with E-state index in [0.29, 0.717) is 13.0 Å². The lowest BCUT2D eigenvalue weighted by Gasteiger charge is -2.43. The largest absolute Gasteiger partial charge is 0.375 e. The Kier molecular flexibility index (Phi) is 10.1. The number of nitrogens with two attached hydrogens (primary N) is 1. The van der Waals surface area contributed by atoms with Gasteiger partial charge in [0.25, 0.3) is 0 Å². The first-order valence-electron chi connectivity index (χ1n) is 13.6. The molecule has 1 aliphatic carbocycles. The van der Waals surface area contributed by atoms with Crippen molar-refractivity contribution < 1.29 is 14.3 Å². The van der Waals surface area contributed by atoms with Gasteiger partial charge in [-0.15, -0.1) is 11.3 Å². The average molecular weight is 527 g/mol. The number of hydrogen-bond donors (Lipinski definition) is 2. The molecule has 1 unspecified atom stereocenters. The monoisotopic (exact) mass is 526 g/mol. The maximum atomic E-state index is 13.6. The maximum Gasteiger partial charge on any atom is 0.249 e. The Labute approximate surface area is 225 Å². The van der Waals surface area contributed by atoms with Crippen molar-refractivity contribution in [2.45, 2.75) is 82.6 Å². The van der Waals surface area contributed by atoms with Crippen LogP contribution in [0.4, 0.5) is 0 Å². The molecule has 2 heterocycles. The number of hydrogen-bond acceptors (Lipinski definition) is 6. The van der Waals surface area contributed by atoms with Gasteiger partial charge in [-0.05, 0) is 69.6 Å². The Morgan fingerprint density at radius 1 is 1.11 bits per heavy atom. The van der Waals surface area contributed by atoms with Gasteiger partial charge < -0.3 is 20.7 Å². The summed E-state index contributed by atoms with van der Waals surface area (Å²) in [6.45, 7) is 4.47. The fourth-order valence-electron chi connectivity index (χ4n) is 5.67. The van der Waals surface area contributed by atoms with Gasteiger partial charge in [-0.1, -0.05) is 30.3 Å². The second-order valence-electron chi connectivity index (χ2n) is 10.6. The van der Waals surface area contributed by atoms with Crippen LogP contribution < -0.4 is 11.1 Å². The fourth-order valence-corrected chi connectivity index (χ4v) is 6.59. The molecule has 1 aromatic heterocycles. The third kappa shape index (κ3) is 7.87. The molecule has 37 heavy (non-hydrogen) atoms. The molecule has 4 rings (SSSR count). The minimum atomic E-state index is -0.485. The van der Waals surface area contributed by atoms with E-state index in [1.165, 1.54) is 22.4 Å². The zero-order valence-corrected chi connectivity index (χ0v) is 23.1. The maximum absolute atomic E-state index is 13.6. The summed E-state index contributed by atoms with van der Waals surface area (Å²) >= 11 is 1.83. The van der Waals surface area contributed by atoms with Crippen molar-refractivity contribution in [3.05, 3.63) is 57.8 Å². The molecule has 0 radical (unpaired) electrons. The van der Waals surface area contributed by atoms with Crippen LogP contribution in [-0.4, -0.2) is 72.6 Å². The number of rotatable bonds is 10. The molecule has 1 saturated carbocycles. The van der Waals surface area contributed by atoms with E-state index in [1.54, 1.807) is 4.90 Å². The number of amides is 2. The molecule has 2 aromatic rings. The van der Waals surface area contributed by atoms with E-state index < -0.39 is 6.04 Å². The van der Waals surface area contributed by atoms with E-state index in [2.05, 4.69) is 53.5 Å². The summed E-state index contributed by atoms with van der Waals surface area (Å²) in [5.74, 6) is -0.152. The van der Waals surface area contributed by atoms with Gasteiger partial charge in [0, 0.05) is 54.6 Å². The van der Waals surface area contributed by atoms with Crippen molar-refractivity contribution >= 4 is 23.2 Å². The van der Waals surface area contributed by atoms with Crippen LogP contribution in [0.2, 0.25) is 0 Å². The zero-order valence-electron chi connectivity index (χ0n) is 22.2. The van der Waals surface area contributed by atoms with Crippen LogP contribution in [0.5, 0.6) is 0 Å². The molecule has 8 heteroatoms. The van der Waals surface area contributed by atoms with Crippen LogP contribution in [0, 0.1) is 6.92 Å². The van der Waals surface area contributed by atoms with Crippen molar-refractivity contribution in [3.63, 3.8) is 0 Å². The fraction of sp³-hybridized carbons (Fsp3) is 0.586. The van der Waals surface area contributed by atoms with Crippen LogP contribution in [0.1, 0.15) is 53.8 Å². The number of carbonyl (C=O) groups is 2. The van der Waals surface area contributed by atoms with E-state index in [-0.39, 0.29) is 36.5 Å². The minimum Gasteiger partial charge on any atom is -0.375 e. The van der Waals surface area contributed by atoms with Gasteiger partial charge in [-0.2, -0.15) is 0 Å². The van der Waals surface area contributed by atoms with Crippen molar-refractivity contribution in [2.24, 2.45) is 5.73 Å². The molecule has 202 valence electrons. The Hall–Kier alpha value is -2.26. The van der Waals surface area contributed by atoms with E-state index in [0.717, 1.165) is 51.6 Å². The number of methoxy groups -OCH3 is 1. The Morgan fingerprint density at radius 2 is 1.86 bits per heavy atom. The summed E-state index contributed by atoms with van der Waals surface area (Å²) < 4.78 is 5.14. The summed E-state index contributed by atoms with van der Waals surface area (Å²) in [4.78, 5) is 33.4. The normalized spacial score (nSPS) is 24.3. The molecular weight excluding hydrogens is 484 g/mol. The highest BCUT2D eigenvalue weighted by molar-refractivity contribution is 7.11. The summed E-state index contributed by atoms with van der Waals surface area (Å²) in [5.41, 5.74) is 7.38. The van der Waals surface area contributed by atoms with Crippen molar-refractivity contribution in [3.8, 4) is 0 Å². The molecular formula is C29H42N4O3S. The topological polar surface area (TPSA) is 87.9 Å². The van der Waals surface area contributed by atoms with Crippen LogP contribution >= 0.6 is 11.3 Å². The summed E-state index contributed by atoms with van der Waals surface area (Å²) in [6, 6.07) is 15.0.